The molecule has 1 aromatic heterocycles. The highest BCUT2D eigenvalue weighted by molar-refractivity contribution is 5.85. The molecule has 0 saturated carbocycles. The van der Waals surface area contributed by atoms with Crippen LogP contribution in [-0.4, -0.2) is 22.0 Å². The van der Waals surface area contributed by atoms with Crippen LogP contribution in [0.4, 0.5) is 0 Å². The van der Waals surface area contributed by atoms with E-state index in [1.807, 2.05) is 0 Å². The van der Waals surface area contributed by atoms with E-state index in [0.717, 1.165) is 5.56 Å². The van der Waals surface area contributed by atoms with Crippen LogP contribution in [0.3, 0.4) is 0 Å². The highest BCUT2D eigenvalue weighted by Crippen LogP contribution is 2.27. The fourth-order valence-corrected chi connectivity index (χ4v) is 1.51. The van der Waals surface area contributed by atoms with Crippen LogP contribution in [0.25, 0.3) is 0 Å². The van der Waals surface area contributed by atoms with Gasteiger partial charge in [-0.3, -0.25) is 4.79 Å². The molecular weight excluding hydrogens is 256 g/mol. The van der Waals surface area contributed by atoms with Gasteiger partial charge in [0.2, 0.25) is 5.91 Å². The van der Waals surface area contributed by atoms with E-state index >= 15 is 0 Å². The number of hydrogen-bond acceptors (Lipinski definition) is 3. The SMILES string of the molecule is CC(CC(=O)NCc1ccc(C(=O)O)nc1)C(C)(C)C. The van der Waals surface area contributed by atoms with Gasteiger partial charge in [-0.15, -0.1) is 0 Å². The molecule has 0 aromatic carbocycles. The number of rotatable bonds is 5. The molecule has 0 aliphatic carbocycles. The van der Waals surface area contributed by atoms with Gasteiger partial charge in [0.1, 0.15) is 5.69 Å². The largest absolute Gasteiger partial charge is 0.477 e. The summed E-state index contributed by atoms with van der Waals surface area (Å²) in [5.41, 5.74) is 0.885. The highest BCUT2D eigenvalue weighted by Gasteiger charge is 2.22. The standard InChI is InChI=1S/C15H22N2O3/c1-10(15(2,3)4)7-13(18)17-9-11-5-6-12(14(19)20)16-8-11/h5-6,8,10H,7,9H2,1-4H3,(H,17,18)(H,19,20). The topological polar surface area (TPSA) is 79.3 Å². The molecule has 0 fully saturated rings. The van der Waals surface area contributed by atoms with Crippen molar-refractivity contribution in [2.75, 3.05) is 0 Å². The Balaban J connectivity index is 2.47. The van der Waals surface area contributed by atoms with Gasteiger partial charge in [0, 0.05) is 19.2 Å². The summed E-state index contributed by atoms with van der Waals surface area (Å²) in [6, 6.07) is 3.09. The number of nitrogens with one attached hydrogen (secondary N) is 1. The van der Waals surface area contributed by atoms with Crippen molar-refractivity contribution >= 4 is 11.9 Å². The van der Waals surface area contributed by atoms with E-state index in [-0.39, 0.29) is 22.9 Å². The molecule has 5 heteroatoms. The van der Waals surface area contributed by atoms with Crippen molar-refractivity contribution < 1.29 is 14.7 Å². The Kier molecular flexibility index (Phi) is 5.25. The van der Waals surface area contributed by atoms with Gasteiger partial charge in [-0.05, 0) is 23.0 Å². The van der Waals surface area contributed by atoms with Crippen LogP contribution < -0.4 is 5.32 Å². The van der Waals surface area contributed by atoms with Crippen LogP contribution in [-0.2, 0) is 11.3 Å². The molecule has 0 radical (unpaired) electrons. The van der Waals surface area contributed by atoms with Crippen molar-refractivity contribution in [2.45, 2.75) is 40.7 Å². The molecule has 0 spiro atoms. The van der Waals surface area contributed by atoms with Crippen LogP contribution >= 0.6 is 0 Å². The number of pyridine rings is 1. The summed E-state index contributed by atoms with van der Waals surface area (Å²) >= 11 is 0. The summed E-state index contributed by atoms with van der Waals surface area (Å²) in [5, 5.41) is 11.6. The Morgan fingerprint density at radius 3 is 2.45 bits per heavy atom. The maximum absolute atomic E-state index is 11.8. The Hall–Kier alpha value is -1.91. The van der Waals surface area contributed by atoms with Crippen LogP contribution in [0, 0.1) is 11.3 Å². The summed E-state index contributed by atoms with van der Waals surface area (Å²) in [4.78, 5) is 26.3. The second kappa shape index (κ2) is 6.50. The predicted octanol–water partition coefficient (Wildman–Crippen LogP) is 2.47. The van der Waals surface area contributed by atoms with E-state index in [1.165, 1.54) is 12.3 Å². The first-order valence-corrected chi connectivity index (χ1v) is 6.65. The average Bonchev–Trinajstić information content (AvgIpc) is 2.35. The molecule has 0 saturated heterocycles. The van der Waals surface area contributed by atoms with Crippen molar-refractivity contribution in [3.63, 3.8) is 0 Å². The monoisotopic (exact) mass is 278 g/mol. The molecule has 1 rings (SSSR count). The summed E-state index contributed by atoms with van der Waals surface area (Å²) < 4.78 is 0. The van der Waals surface area contributed by atoms with Gasteiger partial charge >= 0.3 is 5.97 Å². The van der Waals surface area contributed by atoms with Gasteiger partial charge in [0.05, 0.1) is 0 Å². The molecule has 2 N–H and O–H groups in total. The van der Waals surface area contributed by atoms with Crippen molar-refractivity contribution in [1.82, 2.24) is 10.3 Å². The first-order valence-electron chi connectivity index (χ1n) is 6.65. The first-order chi connectivity index (χ1) is 9.20. The zero-order chi connectivity index (χ0) is 15.3. The van der Waals surface area contributed by atoms with Gasteiger partial charge in [-0.25, -0.2) is 9.78 Å². The molecule has 1 aromatic rings. The average molecular weight is 278 g/mol. The Morgan fingerprint density at radius 1 is 1.35 bits per heavy atom. The third-order valence-electron chi connectivity index (χ3n) is 3.50. The zero-order valence-corrected chi connectivity index (χ0v) is 12.4. The zero-order valence-electron chi connectivity index (χ0n) is 12.4. The van der Waals surface area contributed by atoms with E-state index in [2.05, 4.69) is 38.0 Å². The fraction of sp³-hybridized carbons (Fsp3) is 0.533. The molecule has 1 atom stereocenters. The molecule has 20 heavy (non-hydrogen) atoms. The molecule has 1 heterocycles. The second-order valence-electron chi connectivity index (χ2n) is 6.10. The van der Waals surface area contributed by atoms with Gasteiger partial charge in [0.25, 0.3) is 0 Å². The minimum absolute atomic E-state index is 0.00133. The van der Waals surface area contributed by atoms with E-state index in [9.17, 15) is 9.59 Å². The summed E-state index contributed by atoms with van der Waals surface area (Å²) in [6.07, 6.45) is 1.95. The molecule has 1 unspecified atom stereocenters. The molecule has 5 nitrogen and oxygen atoms in total. The Bertz CT molecular complexity index is 475. The minimum atomic E-state index is -1.06. The summed E-state index contributed by atoms with van der Waals surface area (Å²) in [5.74, 6) is -0.774. The number of nitrogens with zero attached hydrogens (tertiary/aromatic N) is 1. The minimum Gasteiger partial charge on any atom is -0.477 e. The number of carbonyl (C=O) groups excluding carboxylic acids is 1. The fourth-order valence-electron chi connectivity index (χ4n) is 1.51. The number of aromatic nitrogens is 1. The summed E-state index contributed by atoms with van der Waals surface area (Å²) in [6.45, 7) is 8.75. The maximum atomic E-state index is 11.8. The van der Waals surface area contributed by atoms with E-state index in [4.69, 9.17) is 5.11 Å². The summed E-state index contributed by atoms with van der Waals surface area (Å²) in [7, 11) is 0. The lowest BCUT2D eigenvalue weighted by Gasteiger charge is -2.26. The maximum Gasteiger partial charge on any atom is 0.354 e. The Labute approximate surface area is 119 Å². The lowest BCUT2D eigenvalue weighted by atomic mass is 9.80. The van der Waals surface area contributed by atoms with Gasteiger partial charge in [0.15, 0.2) is 0 Å². The normalized spacial score (nSPS) is 12.8. The van der Waals surface area contributed by atoms with E-state index in [0.29, 0.717) is 13.0 Å². The number of carbonyl (C=O) groups is 2. The van der Waals surface area contributed by atoms with Gasteiger partial charge < -0.3 is 10.4 Å². The Morgan fingerprint density at radius 2 is 2.00 bits per heavy atom. The molecule has 1 amide bonds. The van der Waals surface area contributed by atoms with Crippen LogP contribution in [0.15, 0.2) is 18.3 Å². The van der Waals surface area contributed by atoms with Crippen LogP contribution in [0.5, 0.6) is 0 Å². The predicted molar refractivity (Wildman–Crippen MR) is 76.3 cm³/mol. The number of aromatic carboxylic acids is 1. The van der Waals surface area contributed by atoms with Crippen molar-refractivity contribution in [3.8, 4) is 0 Å². The van der Waals surface area contributed by atoms with Crippen LogP contribution in [0.2, 0.25) is 0 Å². The third kappa shape index (κ3) is 4.99. The lowest BCUT2D eigenvalue weighted by Crippen LogP contribution is -2.28. The number of carboxylic acids is 1. The number of hydrogen-bond donors (Lipinski definition) is 2. The molecular formula is C15H22N2O3. The molecule has 110 valence electrons. The molecule has 0 aliphatic rings. The smallest absolute Gasteiger partial charge is 0.354 e. The number of amides is 1. The van der Waals surface area contributed by atoms with Crippen LogP contribution in [0.1, 0.15) is 50.2 Å². The van der Waals surface area contributed by atoms with Crippen molar-refractivity contribution in [2.24, 2.45) is 11.3 Å². The lowest BCUT2D eigenvalue weighted by molar-refractivity contribution is -0.122. The quantitative estimate of drug-likeness (QED) is 0.867. The highest BCUT2D eigenvalue weighted by atomic mass is 16.4. The van der Waals surface area contributed by atoms with E-state index < -0.39 is 5.97 Å². The van der Waals surface area contributed by atoms with Crippen molar-refractivity contribution in [1.29, 1.82) is 0 Å². The number of carboxylic acid groups (broad SMARTS) is 1. The second-order valence-corrected chi connectivity index (χ2v) is 6.10. The van der Waals surface area contributed by atoms with Crippen molar-refractivity contribution in [3.05, 3.63) is 29.6 Å². The molecule has 0 bridgehead atoms. The third-order valence-corrected chi connectivity index (χ3v) is 3.50. The van der Waals surface area contributed by atoms with Gasteiger partial charge in [-0.1, -0.05) is 33.8 Å². The molecule has 0 aliphatic heterocycles. The van der Waals surface area contributed by atoms with E-state index in [1.54, 1.807) is 6.07 Å². The van der Waals surface area contributed by atoms with Gasteiger partial charge in [-0.2, -0.15) is 0 Å². The first kappa shape index (κ1) is 16.1.